The molecular weight excluding hydrogens is 570 g/mol. The number of aryl methyl sites for hydroxylation is 1. The number of carbonyl (C=O) groups is 2. The van der Waals surface area contributed by atoms with E-state index in [-0.39, 0.29) is 23.3 Å². The molecule has 0 fully saturated rings. The number of nitrogens with one attached hydrogen (secondary N) is 1. The van der Waals surface area contributed by atoms with Crippen LogP contribution in [0.2, 0.25) is 5.02 Å². The largest absolute Gasteiger partial charge is 0.350 e. The van der Waals surface area contributed by atoms with Crippen LogP contribution in [0.25, 0.3) is 0 Å². The van der Waals surface area contributed by atoms with Crippen molar-refractivity contribution in [2.75, 3.05) is 10.8 Å². The standard InChI is InChI=1S/C33H42ClN3O4S/c1-8-30(32(39)35-33(5,6)7)36(21-25-11-15-27(34)16-12-25)31(38)22-37(28-17-13-26(14-18-28)23(2)3)42(40,41)29-19-9-24(4)10-20-29/h9-20,23,30H,8,21-22H2,1-7H3,(H,35,39). The van der Waals surface area contributed by atoms with Gasteiger partial charge in [0.15, 0.2) is 0 Å². The highest BCUT2D eigenvalue weighted by atomic mass is 35.5. The Morgan fingerprint density at radius 2 is 1.48 bits per heavy atom. The smallest absolute Gasteiger partial charge is 0.264 e. The third kappa shape index (κ3) is 8.58. The van der Waals surface area contributed by atoms with E-state index >= 15 is 0 Å². The van der Waals surface area contributed by atoms with Gasteiger partial charge < -0.3 is 10.2 Å². The van der Waals surface area contributed by atoms with E-state index in [1.165, 1.54) is 4.90 Å². The Morgan fingerprint density at radius 1 is 0.905 bits per heavy atom. The number of benzene rings is 3. The second-order valence-corrected chi connectivity index (χ2v) is 14.2. The van der Waals surface area contributed by atoms with E-state index in [1.54, 1.807) is 60.7 Å². The number of carbonyl (C=O) groups excluding carboxylic acids is 2. The van der Waals surface area contributed by atoms with E-state index in [1.807, 2.05) is 46.8 Å². The summed E-state index contributed by atoms with van der Waals surface area (Å²) in [5.41, 5.74) is 2.59. The molecule has 1 atom stereocenters. The second-order valence-electron chi connectivity index (χ2n) is 11.9. The van der Waals surface area contributed by atoms with Gasteiger partial charge >= 0.3 is 0 Å². The minimum absolute atomic E-state index is 0.0793. The van der Waals surface area contributed by atoms with Gasteiger partial charge in [0, 0.05) is 17.1 Å². The van der Waals surface area contributed by atoms with Crippen molar-refractivity contribution in [2.24, 2.45) is 0 Å². The Hall–Kier alpha value is -3.36. The molecule has 0 aliphatic heterocycles. The summed E-state index contributed by atoms with van der Waals surface area (Å²) in [5.74, 6) is -0.546. The highest BCUT2D eigenvalue weighted by molar-refractivity contribution is 7.92. The van der Waals surface area contributed by atoms with Crippen LogP contribution >= 0.6 is 11.6 Å². The number of hydrogen-bond acceptors (Lipinski definition) is 4. The molecule has 3 aromatic carbocycles. The summed E-state index contributed by atoms with van der Waals surface area (Å²) >= 11 is 6.09. The first-order valence-corrected chi connectivity index (χ1v) is 16.0. The third-order valence-corrected chi connectivity index (χ3v) is 8.93. The van der Waals surface area contributed by atoms with Crippen molar-refractivity contribution >= 4 is 39.1 Å². The van der Waals surface area contributed by atoms with Gasteiger partial charge in [0.1, 0.15) is 12.6 Å². The number of anilines is 1. The summed E-state index contributed by atoms with van der Waals surface area (Å²) in [4.78, 5) is 29.2. The van der Waals surface area contributed by atoms with E-state index in [9.17, 15) is 18.0 Å². The molecule has 0 spiro atoms. The molecule has 9 heteroatoms. The van der Waals surface area contributed by atoms with Crippen LogP contribution in [0.5, 0.6) is 0 Å². The molecule has 42 heavy (non-hydrogen) atoms. The van der Waals surface area contributed by atoms with Gasteiger partial charge in [-0.25, -0.2) is 8.42 Å². The van der Waals surface area contributed by atoms with Crippen molar-refractivity contribution in [3.8, 4) is 0 Å². The first-order valence-electron chi connectivity index (χ1n) is 14.2. The first-order chi connectivity index (χ1) is 19.6. The Kier molecular flexibility index (Phi) is 10.8. The SMILES string of the molecule is CCC(C(=O)NC(C)(C)C)N(Cc1ccc(Cl)cc1)C(=O)CN(c1ccc(C(C)C)cc1)S(=O)(=O)c1ccc(C)cc1. The molecule has 1 unspecified atom stereocenters. The van der Waals surface area contributed by atoms with E-state index in [0.29, 0.717) is 17.1 Å². The zero-order valence-electron chi connectivity index (χ0n) is 25.5. The van der Waals surface area contributed by atoms with Crippen LogP contribution in [0.4, 0.5) is 5.69 Å². The second kappa shape index (κ2) is 13.7. The van der Waals surface area contributed by atoms with Crippen molar-refractivity contribution in [1.29, 1.82) is 0 Å². The molecule has 2 amide bonds. The van der Waals surface area contributed by atoms with Gasteiger partial charge in [-0.15, -0.1) is 0 Å². The van der Waals surface area contributed by atoms with Crippen LogP contribution in [-0.2, 0) is 26.2 Å². The molecule has 0 aliphatic rings. The minimum atomic E-state index is -4.12. The lowest BCUT2D eigenvalue weighted by atomic mass is 10.0. The fourth-order valence-corrected chi connectivity index (χ4v) is 6.09. The van der Waals surface area contributed by atoms with Crippen LogP contribution < -0.4 is 9.62 Å². The highest BCUT2D eigenvalue weighted by Crippen LogP contribution is 2.27. The van der Waals surface area contributed by atoms with Crippen LogP contribution in [0, 0.1) is 6.92 Å². The molecule has 0 bridgehead atoms. The summed E-state index contributed by atoms with van der Waals surface area (Å²) in [6, 6.07) is 20.0. The summed E-state index contributed by atoms with van der Waals surface area (Å²) in [6.07, 6.45) is 0.342. The maximum Gasteiger partial charge on any atom is 0.264 e. The van der Waals surface area contributed by atoms with Gasteiger partial charge in [0.05, 0.1) is 10.6 Å². The van der Waals surface area contributed by atoms with E-state index in [0.717, 1.165) is 21.0 Å². The number of sulfonamides is 1. The molecular formula is C33H42ClN3O4S. The van der Waals surface area contributed by atoms with Crippen LogP contribution in [-0.4, -0.2) is 43.3 Å². The Bertz CT molecular complexity index is 1460. The summed E-state index contributed by atoms with van der Waals surface area (Å²) in [5, 5.41) is 3.53. The highest BCUT2D eigenvalue weighted by Gasteiger charge is 2.34. The molecule has 0 aromatic heterocycles. The van der Waals surface area contributed by atoms with Crippen LogP contribution in [0.15, 0.2) is 77.7 Å². The number of amides is 2. The molecule has 0 aliphatic carbocycles. The van der Waals surface area contributed by atoms with Crippen LogP contribution in [0.1, 0.15) is 70.6 Å². The zero-order valence-corrected chi connectivity index (χ0v) is 27.1. The number of nitrogens with zero attached hydrogens (tertiary/aromatic N) is 2. The number of rotatable bonds is 11. The Labute approximate surface area is 255 Å². The number of halogens is 1. The summed E-state index contributed by atoms with van der Waals surface area (Å²) in [6.45, 7) is 13.1. The van der Waals surface area contributed by atoms with Crippen molar-refractivity contribution in [3.05, 3.63) is 94.5 Å². The molecule has 1 N–H and O–H groups in total. The average molecular weight is 612 g/mol. The topological polar surface area (TPSA) is 86.8 Å². The molecule has 0 heterocycles. The van der Waals surface area contributed by atoms with Gasteiger partial charge in [-0.3, -0.25) is 13.9 Å². The van der Waals surface area contributed by atoms with Crippen molar-refractivity contribution in [2.45, 2.75) is 83.8 Å². The zero-order chi connectivity index (χ0) is 31.2. The van der Waals surface area contributed by atoms with Gasteiger partial charge in [-0.1, -0.05) is 74.3 Å². The van der Waals surface area contributed by atoms with E-state index < -0.39 is 34.1 Å². The quantitative estimate of drug-likeness (QED) is 0.262. The van der Waals surface area contributed by atoms with E-state index in [2.05, 4.69) is 19.2 Å². The maximum atomic E-state index is 14.2. The normalized spacial score (nSPS) is 12.6. The predicted octanol–water partition coefficient (Wildman–Crippen LogP) is 6.69. The van der Waals surface area contributed by atoms with E-state index in [4.69, 9.17) is 11.6 Å². The van der Waals surface area contributed by atoms with Crippen molar-refractivity contribution in [3.63, 3.8) is 0 Å². The molecule has 226 valence electrons. The summed E-state index contributed by atoms with van der Waals surface area (Å²) < 4.78 is 29.2. The summed E-state index contributed by atoms with van der Waals surface area (Å²) in [7, 11) is -4.12. The third-order valence-electron chi connectivity index (χ3n) is 6.89. The van der Waals surface area contributed by atoms with Gasteiger partial charge in [0.2, 0.25) is 11.8 Å². The van der Waals surface area contributed by atoms with Crippen molar-refractivity contribution < 1.29 is 18.0 Å². The lowest BCUT2D eigenvalue weighted by Crippen LogP contribution is -2.55. The Balaban J connectivity index is 2.08. The average Bonchev–Trinajstić information content (AvgIpc) is 2.91. The molecule has 0 saturated carbocycles. The van der Waals surface area contributed by atoms with Crippen molar-refractivity contribution in [1.82, 2.24) is 10.2 Å². The molecule has 0 saturated heterocycles. The number of hydrogen-bond donors (Lipinski definition) is 1. The van der Waals surface area contributed by atoms with Gasteiger partial charge in [0.25, 0.3) is 10.0 Å². The monoisotopic (exact) mass is 611 g/mol. The fourth-order valence-electron chi connectivity index (χ4n) is 4.55. The predicted molar refractivity (Wildman–Crippen MR) is 170 cm³/mol. The van der Waals surface area contributed by atoms with Gasteiger partial charge in [-0.2, -0.15) is 0 Å². The maximum absolute atomic E-state index is 14.2. The lowest BCUT2D eigenvalue weighted by Gasteiger charge is -2.34. The molecule has 3 rings (SSSR count). The fraction of sp³-hybridized carbons (Fsp3) is 0.394. The minimum Gasteiger partial charge on any atom is -0.350 e. The van der Waals surface area contributed by atoms with Crippen LogP contribution in [0.3, 0.4) is 0 Å². The lowest BCUT2D eigenvalue weighted by molar-refractivity contribution is -0.141. The molecule has 7 nitrogen and oxygen atoms in total. The van der Waals surface area contributed by atoms with Gasteiger partial charge in [-0.05, 0) is 87.6 Å². The first kappa shape index (κ1) is 33.1. The Morgan fingerprint density at radius 3 is 1.98 bits per heavy atom. The molecule has 0 radical (unpaired) electrons. The molecule has 3 aromatic rings.